The minimum absolute atomic E-state index is 0.254. The van der Waals surface area contributed by atoms with Crippen molar-refractivity contribution in [2.24, 2.45) is 10.7 Å². The van der Waals surface area contributed by atoms with Crippen molar-refractivity contribution in [3.8, 4) is 5.69 Å². The second-order valence-electron chi connectivity index (χ2n) is 9.65. The standard InChI is InChI=1S/C27H35N5.C3H6/c1-5-22-11-15-24(16-12-22)32-21(4)30-31-26(32)25(27(28)17-7-6-8-18-27)29-20(3)23-13-9-19(2)10-14-23;1-3-2/h9-16,25H,5-8,17-18,28H2,1-4H3;3H,1H2,2H3. The van der Waals surface area contributed by atoms with E-state index in [9.17, 15) is 0 Å². The Kier molecular flexibility index (Phi) is 9.16. The highest BCUT2D eigenvalue weighted by Gasteiger charge is 2.40. The van der Waals surface area contributed by atoms with Crippen molar-refractivity contribution in [2.45, 2.75) is 84.7 Å². The van der Waals surface area contributed by atoms with Crippen LogP contribution in [0, 0.1) is 13.8 Å². The summed E-state index contributed by atoms with van der Waals surface area (Å²) in [4.78, 5) is 5.24. The number of aryl methyl sites for hydroxylation is 3. The average molecular weight is 472 g/mol. The number of aromatic nitrogens is 3. The van der Waals surface area contributed by atoms with Crippen molar-refractivity contribution in [3.05, 3.63) is 89.5 Å². The fourth-order valence-electron chi connectivity index (χ4n) is 4.75. The minimum atomic E-state index is -0.426. The molecular weight excluding hydrogens is 430 g/mol. The van der Waals surface area contributed by atoms with Crippen LogP contribution in [0.3, 0.4) is 0 Å². The van der Waals surface area contributed by atoms with Gasteiger partial charge in [0.1, 0.15) is 11.9 Å². The highest BCUT2D eigenvalue weighted by molar-refractivity contribution is 5.98. The molecule has 186 valence electrons. The zero-order valence-electron chi connectivity index (χ0n) is 22.1. The highest BCUT2D eigenvalue weighted by Crippen LogP contribution is 2.39. The molecule has 0 amide bonds. The van der Waals surface area contributed by atoms with Gasteiger partial charge in [-0.15, -0.1) is 16.8 Å². The number of rotatable bonds is 6. The molecule has 0 aliphatic heterocycles. The lowest BCUT2D eigenvalue weighted by Crippen LogP contribution is -2.47. The number of nitrogens with zero attached hydrogens (tertiary/aromatic N) is 4. The third-order valence-electron chi connectivity index (χ3n) is 6.82. The van der Waals surface area contributed by atoms with E-state index in [0.29, 0.717) is 0 Å². The Bertz CT molecular complexity index is 1120. The van der Waals surface area contributed by atoms with Gasteiger partial charge < -0.3 is 5.73 Å². The first-order chi connectivity index (χ1) is 16.8. The maximum Gasteiger partial charge on any atom is 0.164 e. The van der Waals surface area contributed by atoms with E-state index < -0.39 is 5.54 Å². The SMILES string of the molecule is C=CC.CCc1ccc(-n2c(C)nnc2C(N=C(C)c2ccc(C)cc2)C2(N)CCCCC2)cc1. The molecule has 0 spiro atoms. The molecule has 1 unspecified atom stereocenters. The molecule has 1 atom stereocenters. The number of benzene rings is 2. The Labute approximate surface area is 211 Å². The van der Waals surface area contributed by atoms with E-state index in [4.69, 9.17) is 10.7 Å². The second kappa shape index (κ2) is 12.1. The molecule has 1 fully saturated rings. The number of hydrogen-bond acceptors (Lipinski definition) is 4. The number of hydrogen-bond donors (Lipinski definition) is 1. The first kappa shape index (κ1) is 26.6. The summed E-state index contributed by atoms with van der Waals surface area (Å²) in [5.74, 6) is 1.69. The largest absolute Gasteiger partial charge is 0.323 e. The molecule has 0 radical (unpaired) electrons. The minimum Gasteiger partial charge on any atom is -0.323 e. The van der Waals surface area contributed by atoms with Crippen LogP contribution in [0.15, 0.2) is 66.2 Å². The van der Waals surface area contributed by atoms with Gasteiger partial charge >= 0.3 is 0 Å². The van der Waals surface area contributed by atoms with Crippen LogP contribution in [-0.2, 0) is 6.42 Å². The Balaban J connectivity index is 0.00000108. The molecule has 2 aromatic carbocycles. The van der Waals surface area contributed by atoms with E-state index in [2.05, 4.69) is 90.6 Å². The van der Waals surface area contributed by atoms with Gasteiger partial charge in [-0.05, 0) is 70.2 Å². The molecule has 5 nitrogen and oxygen atoms in total. The van der Waals surface area contributed by atoms with Crippen molar-refractivity contribution in [3.63, 3.8) is 0 Å². The lowest BCUT2D eigenvalue weighted by Gasteiger charge is -2.38. The van der Waals surface area contributed by atoms with Crippen molar-refractivity contribution in [2.75, 3.05) is 0 Å². The van der Waals surface area contributed by atoms with E-state index in [-0.39, 0.29) is 6.04 Å². The molecule has 3 aromatic rings. The van der Waals surface area contributed by atoms with Crippen LogP contribution in [0.4, 0.5) is 0 Å². The summed E-state index contributed by atoms with van der Waals surface area (Å²) < 4.78 is 2.14. The maximum absolute atomic E-state index is 7.10. The van der Waals surface area contributed by atoms with Gasteiger partial charge in [0.15, 0.2) is 5.82 Å². The van der Waals surface area contributed by atoms with Gasteiger partial charge in [0.2, 0.25) is 0 Å². The molecule has 1 aromatic heterocycles. The molecule has 1 heterocycles. The number of nitrogens with two attached hydrogens (primary N) is 1. The molecule has 5 heteroatoms. The quantitative estimate of drug-likeness (QED) is 0.316. The van der Waals surface area contributed by atoms with Gasteiger partial charge in [-0.2, -0.15) is 0 Å². The molecule has 1 aliphatic carbocycles. The smallest absolute Gasteiger partial charge is 0.164 e. The van der Waals surface area contributed by atoms with E-state index in [1.807, 2.05) is 13.8 Å². The average Bonchev–Trinajstić information content (AvgIpc) is 3.24. The van der Waals surface area contributed by atoms with E-state index in [1.54, 1.807) is 6.08 Å². The summed E-state index contributed by atoms with van der Waals surface area (Å²) in [6, 6.07) is 16.9. The highest BCUT2D eigenvalue weighted by atomic mass is 15.3. The predicted octanol–water partition coefficient (Wildman–Crippen LogP) is 6.85. The fourth-order valence-corrected chi connectivity index (χ4v) is 4.75. The molecular formula is C30H41N5. The van der Waals surface area contributed by atoms with Crippen molar-refractivity contribution in [1.29, 1.82) is 0 Å². The summed E-state index contributed by atoms with van der Waals surface area (Å²) in [6.45, 7) is 13.6. The van der Waals surface area contributed by atoms with E-state index >= 15 is 0 Å². The molecule has 35 heavy (non-hydrogen) atoms. The predicted molar refractivity (Wildman–Crippen MR) is 147 cm³/mol. The topological polar surface area (TPSA) is 69.1 Å². The first-order valence-corrected chi connectivity index (χ1v) is 12.8. The molecule has 0 bridgehead atoms. The fraction of sp³-hybridized carbons (Fsp3) is 0.433. The van der Waals surface area contributed by atoms with Crippen molar-refractivity contribution in [1.82, 2.24) is 14.8 Å². The zero-order valence-corrected chi connectivity index (χ0v) is 22.1. The molecule has 1 aliphatic rings. The van der Waals surface area contributed by atoms with E-state index in [0.717, 1.165) is 60.7 Å². The Morgan fingerprint density at radius 1 is 1.06 bits per heavy atom. The Hall–Kier alpha value is -3.05. The summed E-state index contributed by atoms with van der Waals surface area (Å²) >= 11 is 0. The molecule has 1 saturated carbocycles. The Morgan fingerprint density at radius 3 is 2.23 bits per heavy atom. The summed E-state index contributed by atoms with van der Waals surface area (Å²) in [5, 5.41) is 9.10. The third kappa shape index (κ3) is 6.34. The van der Waals surface area contributed by atoms with Crippen LogP contribution in [0.5, 0.6) is 0 Å². The van der Waals surface area contributed by atoms with Crippen LogP contribution in [0.2, 0.25) is 0 Å². The van der Waals surface area contributed by atoms with Gasteiger partial charge in [0.25, 0.3) is 0 Å². The van der Waals surface area contributed by atoms with Gasteiger partial charge in [-0.25, -0.2) is 0 Å². The summed E-state index contributed by atoms with van der Waals surface area (Å²) in [7, 11) is 0. The molecule has 4 rings (SSSR count). The summed E-state index contributed by atoms with van der Waals surface area (Å²) in [6.07, 6.45) is 8.15. The van der Waals surface area contributed by atoms with Crippen LogP contribution >= 0.6 is 0 Å². The first-order valence-electron chi connectivity index (χ1n) is 12.8. The van der Waals surface area contributed by atoms with Gasteiger partial charge in [0.05, 0.1) is 0 Å². The molecule has 0 saturated heterocycles. The monoisotopic (exact) mass is 471 g/mol. The third-order valence-corrected chi connectivity index (χ3v) is 6.82. The lowest BCUT2D eigenvalue weighted by atomic mass is 9.76. The van der Waals surface area contributed by atoms with Crippen molar-refractivity contribution < 1.29 is 0 Å². The zero-order chi connectivity index (χ0) is 25.4. The normalized spacial score (nSPS) is 16.2. The van der Waals surface area contributed by atoms with Crippen LogP contribution in [-0.4, -0.2) is 26.0 Å². The van der Waals surface area contributed by atoms with Crippen LogP contribution < -0.4 is 5.73 Å². The summed E-state index contributed by atoms with van der Waals surface area (Å²) in [5.41, 5.74) is 12.4. The number of aliphatic imine (C=N–C) groups is 1. The van der Waals surface area contributed by atoms with Crippen LogP contribution in [0.25, 0.3) is 5.69 Å². The van der Waals surface area contributed by atoms with Crippen molar-refractivity contribution >= 4 is 5.71 Å². The van der Waals surface area contributed by atoms with Crippen LogP contribution in [0.1, 0.15) is 87.3 Å². The van der Waals surface area contributed by atoms with Gasteiger partial charge in [-0.3, -0.25) is 9.56 Å². The Morgan fingerprint density at radius 2 is 1.66 bits per heavy atom. The lowest BCUT2D eigenvalue weighted by molar-refractivity contribution is 0.243. The number of allylic oxidation sites excluding steroid dienone is 1. The molecule has 2 N–H and O–H groups in total. The van der Waals surface area contributed by atoms with E-state index in [1.165, 1.54) is 17.5 Å². The maximum atomic E-state index is 7.10. The van der Waals surface area contributed by atoms with Gasteiger partial charge in [0, 0.05) is 16.9 Å². The second-order valence-corrected chi connectivity index (χ2v) is 9.65. The van der Waals surface area contributed by atoms with Gasteiger partial charge in [-0.1, -0.05) is 74.2 Å².